The standard InChI is InChI=1S/C20H22F2N4O.ClH/c1-25(2)12-14-5-4-6-16(11-14)19-23-20(26(24-19)13-18(21)22)15-7-9-17(27-3)10-8-15;/h4-11,18H,12-13H2,1-3H3;1H. The van der Waals surface area contributed by atoms with Crippen LogP contribution in [0.2, 0.25) is 0 Å². The molecule has 0 aliphatic carbocycles. The Labute approximate surface area is 169 Å². The molecule has 0 aliphatic heterocycles. The summed E-state index contributed by atoms with van der Waals surface area (Å²) in [6.07, 6.45) is -2.52. The van der Waals surface area contributed by atoms with Crippen LogP contribution in [0, 0.1) is 0 Å². The molecule has 0 radical (unpaired) electrons. The molecule has 2 aromatic carbocycles. The average molecular weight is 409 g/mol. The van der Waals surface area contributed by atoms with Gasteiger partial charge in [0, 0.05) is 17.7 Å². The summed E-state index contributed by atoms with van der Waals surface area (Å²) in [6, 6.07) is 14.9. The summed E-state index contributed by atoms with van der Waals surface area (Å²) in [5.41, 5.74) is 2.62. The topological polar surface area (TPSA) is 43.2 Å². The summed E-state index contributed by atoms with van der Waals surface area (Å²) in [7, 11) is 5.56. The Bertz CT molecular complexity index is 897. The van der Waals surface area contributed by atoms with E-state index >= 15 is 0 Å². The van der Waals surface area contributed by atoms with Crippen molar-refractivity contribution in [2.45, 2.75) is 19.5 Å². The van der Waals surface area contributed by atoms with Gasteiger partial charge in [-0.05, 0) is 50.0 Å². The zero-order chi connectivity index (χ0) is 19.4. The Balaban J connectivity index is 0.00000280. The van der Waals surface area contributed by atoms with Crippen LogP contribution in [0.1, 0.15) is 5.56 Å². The van der Waals surface area contributed by atoms with Gasteiger partial charge in [-0.15, -0.1) is 12.4 Å². The highest BCUT2D eigenvalue weighted by molar-refractivity contribution is 5.85. The van der Waals surface area contributed by atoms with Crippen molar-refractivity contribution < 1.29 is 13.5 Å². The number of halogens is 3. The molecule has 0 atom stereocenters. The van der Waals surface area contributed by atoms with Crippen LogP contribution in [-0.4, -0.2) is 47.3 Å². The van der Waals surface area contributed by atoms with E-state index in [-0.39, 0.29) is 12.4 Å². The number of benzene rings is 2. The SMILES string of the molecule is COc1ccc(-c2nc(-c3cccc(CN(C)C)c3)nn2CC(F)F)cc1.Cl. The molecule has 1 aromatic heterocycles. The average Bonchev–Trinajstić information content (AvgIpc) is 3.04. The highest BCUT2D eigenvalue weighted by atomic mass is 35.5. The highest BCUT2D eigenvalue weighted by Crippen LogP contribution is 2.25. The maximum atomic E-state index is 13.0. The van der Waals surface area contributed by atoms with E-state index in [1.807, 2.05) is 38.4 Å². The maximum absolute atomic E-state index is 13.0. The van der Waals surface area contributed by atoms with Gasteiger partial charge >= 0.3 is 0 Å². The third-order valence-electron chi connectivity index (χ3n) is 4.01. The minimum atomic E-state index is -2.52. The van der Waals surface area contributed by atoms with Crippen molar-refractivity contribution in [2.75, 3.05) is 21.2 Å². The molecular formula is C20H23ClF2N4O. The first kappa shape index (κ1) is 21.8. The Morgan fingerprint density at radius 1 is 1.07 bits per heavy atom. The molecule has 0 saturated carbocycles. The van der Waals surface area contributed by atoms with Crippen molar-refractivity contribution in [3.8, 4) is 28.5 Å². The normalized spacial score (nSPS) is 11.0. The summed E-state index contributed by atoms with van der Waals surface area (Å²) in [5.74, 6) is 1.53. The van der Waals surface area contributed by atoms with Crippen molar-refractivity contribution in [3.05, 3.63) is 54.1 Å². The maximum Gasteiger partial charge on any atom is 0.258 e. The number of alkyl halides is 2. The van der Waals surface area contributed by atoms with E-state index in [1.165, 1.54) is 4.68 Å². The van der Waals surface area contributed by atoms with E-state index in [0.717, 1.165) is 17.7 Å². The summed E-state index contributed by atoms with van der Waals surface area (Å²) in [5, 5.41) is 4.34. The van der Waals surface area contributed by atoms with Gasteiger partial charge in [-0.2, -0.15) is 5.10 Å². The van der Waals surface area contributed by atoms with Crippen LogP contribution in [-0.2, 0) is 13.1 Å². The van der Waals surface area contributed by atoms with Gasteiger partial charge in [-0.3, -0.25) is 0 Å². The molecule has 1 heterocycles. The molecule has 28 heavy (non-hydrogen) atoms. The largest absolute Gasteiger partial charge is 0.497 e. The molecule has 0 aliphatic rings. The molecule has 5 nitrogen and oxygen atoms in total. The summed E-state index contributed by atoms with van der Waals surface area (Å²) in [6.45, 7) is 0.267. The number of rotatable bonds is 7. The van der Waals surface area contributed by atoms with Crippen molar-refractivity contribution in [1.82, 2.24) is 19.7 Å². The monoisotopic (exact) mass is 408 g/mol. The third kappa shape index (κ3) is 5.27. The molecule has 3 rings (SSSR count). The van der Waals surface area contributed by atoms with E-state index in [1.54, 1.807) is 31.4 Å². The summed E-state index contributed by atoms with van der Waals surface area (Å²) >= 11 is 0. The van der Waals surface area contributed by atoms with Crippen LogP contribution in [0.4, 0.5) is 8.78 Å². The quantitative estimate of drug-likeness (QED) is 0.582. The van der Waals surface area contributed by atoms with Crippen molar-refractivity contribution in [1.29, 1.82) is 0 Å². The fraction of sp³-hybridized carbons (Fsp3) is 0.300. The van der Waals surface area contributed by atoms with Gasteiger partial charge in [0.2, 0.25) is 0 Å². The van der Waals surface area contributed by atoms with Gasteiger partial charge in [-0.1, -0.05) is 18.2 Å². The second kappa shape index (κ2) is 9.61. The van der Waals surface area contributed by atoms with Gasteiger partial charge in [0.25, 0.3) is 6.43 Å². The van der Waals surface area contributed by atoms with E-state index in [0.29, 0.717) is 23.0 Å². The molecule has 150 valence electrons. The Hall–Kier alpha value is -2.51. The number of methoxy groups -OCH3 is 1. The molecular weight excluding hydrogens is 386 g/mol. The predicted octanol–water partition coefficient (Wildman–Crippen LogP) is 4.37. The first-order valence-corrected chi connectivity index (χ1v) is 8.57. The lowest BCUT2D eigenvalue weighted by molar-refractivity contribution is 0.122. The Morgan fingerprint density at radius 2 is 1.79 bits per heavy atom. The molecule has 0 spiro atoms. The Morgan fingerprint density at radius 3 is 2.39 bits per heavy atom. The molecule has 3 aromatic rings. The van der Waals surface area contributed by atoms with Crippen molar-refractivity contribution in [3.63, 3.8) is 0 Å². The first-order chi connectivity index (χ1) is 13.0. The van der Waals surface area contributed by atoms with E-state index in [4.69, 9.17) is 4.74 Å². The molecule has 0 fully saturated rings. The van der Waals surface area contributed by atoms with Gasteiger partial charge in [0.15, 0.2) is 11.6 Å². The highest BCUT2D eigenvalue weighted by Gasteiger charge is 2.17. The predicted molar refractivity (Wildman–Crippen MR) is 108 cm³/mol. The zero-order valence-corrected chi connectivity index (χ0v) is 16.8. The van der Waals surface area contributed by atoms with Gasteiger partial charge < -0.3 is 9.64 Å². The second-order valence-electron chi connectivity index (χ2n) is 6.50. The minimum Gasteiger partial charge on any atom is -0.497 e. The molecule has 0 unspecified atom stereocenters. The fourth-order valence-electron chi connectivity index (χ4n) is 2.85. The van der Waals surface area contributed by atoms with Crippen LogP contribution in [0.15, 0.2) is 48.5 Å². The Kier molecular flexibility index (Phi) is 7.48. The number of hydrogen-bond donors (Lipinski definition) is 0. The minimum absolute atomic E-state index is 0. The van der Waals surface area contributed by atoms with Gasteiger partial charge in [0.1, 0.15) is 12.3 Å². The number of nitrogens with zero attached hydrogens (tertiary/aromatic N) is 4. The molecule has 0 N–H and O–H groups in total. The molecule has 0 bridgehead atoms. The van der Waals surface area contributed by atoms with Crippen LogP contribution >= 0.6 is 12.4 Å². The second-order valence-corrected chi connectivity index (χ2v) is 6.50. The smallest absolute Gasteiger partial charge is 0.258 e. The van der Waals surface area contributed by atoms with Crippen LogP contribution in [0.3, 0.4) is 0 Å². The van der Waals surface area contributed by atoms with Gasteiger partial charge in [-0.25, -0.2) is 18.4 Å². The fourth-order valence-corrected chi connectivity index (χ4v) is 2.85. The number of hydrogen-bond acceptors (Lipinski definition) is 4. The van der Waals surface area contributed by atoms with Crippen molar-refractivity contribution in [2.24, 2.45) is 0 Å². The third-order valence-corrected chi connectivity index (χ3v) is 4.01. The number of ether oxygens (including phenoxy) is 1. The lowest BCUT2D eigenvalue weighted by Crippen LogP contribution is -2.10. The van der Waals surface area contributed by atoms with Gasteiger partial charge in [0.05, 0.1) is 7.11 Å². The first-order valence-electron chi connectivity index (χ1n) is 8.57. The molecule has 8 heteroatoms. The van der Waals surface area contributed by atoms with E-state index in [9.17, 15) is 8.78 Å². The molecule has 0 saturated heterocycles. The zero-order valence-electron chi connectivity index (χ0n) is 16.0. The van der Waals surface area contributed by atoms with E-state index in [2.05, 4.69) is 15.0 Å². The van der Waals surface area contributed by atoms with Crippen LogP contribution in [0.5, 0.6) is 5.75 Å². The van der Waals surface area contributed by atoms with Crippen LogP contribution in [0.25, 0.3) is 22.8 Å². The van der Waals surface area contributed by atoms with Crippen LogP contribution < -0.4 is 4.74 Å². The number of aromatic nitrogens is 3. The van der Waals surface area contributed by atoms with E-state index < -0.39 is 13.0 Å². The lowest BCUT2D eigenvalue weighted by Gasteiger charge is -2.09. The van der Waals surface area contributed by atoms with Crippen molar-refractivity contribution >= 4 is 12.4 Å². The molecule has 0 amide bonds. The summed E-state index contributed by atoms with van der Waals surface area (Å²) in [4.78, 5) is 6.60. The lowest BCUT2D eigenvalue weighted by atomic mass is 10.1. The summed E-state index contributed by atoms with van der Waals surface area (Å²) < 4.78 is 32.5.